The highest BCUT2D eigenvalue weighted by atomic mass is 32.2. The number of nitrogens with zero attached hydrogens (tertiary/aromatic N) is 2. The number of fused-ring (bicyclic) bond motifs is 1. The molecule has 10 nitrogen and oxygen atoms in total. The number of carbonyl (C=O) groups excluding carboxylic acids is 2. The van der Waals surface area contributed by atoms with Crippen molar-refractivity contribution >= 4 is 27.5 Å². The Balaban J connectivity index is 2.00. The zero-order valence-electron chi connectivity index (χ0n) is 20.2. The Labute approximate surface area is 201 Å². The van der Waals surface area contributed by atoms with E-state index in [2.05, 4.69) is 5.32 Å². The average Bonchev–Trinajstić information content (AvgIpc) is 2.81. The molecule has 34 heavy (non-hydrogen) atoms. The summed E-state index contributed by atoms with van der Waals surface area (Å²) in [4.78, 5) is 28.0. The van der Waals surface area contributed by atoms with Gasteiger partial charge in [0, 0.05) is 38.6 Å². The van der Waals surface area contributed by atoms with Crippen LogP contribution in [0.25, 0.3) is 0 Å². The number of amides is 2. The molecule has 11 heteroatoms. The minimum absolute atomic E-state index is 0.0667. The molecule has 0 unspecified atom stereocenters. The lowest BCUT2D eigenvalue weighted by atomic mass is 9.98. The molecule has 0 spiro atoms. The Kier molecular flexibility index (Phi) is 8.56. The summed E-state index contributed by atoms with van der Waals surface area (Å²) >= 11 is 0. The molecule has 3 rings (SSSR count). The van der Waals surface area contributed by atoms with Crippen LogP contribution in [0.4, 0.5) is 5.69 Å². The van der Waals surface area contributed by atoms with Crippen LogP contribution < -0.4 is 10.1 Å². The fourth-order valence-corrected chi connectivity index (χ4v) is 4.56. The third-order valence-electron chi connectivity index (χ3n) is 6.54. The molecule has 0 aliphatic carbocycles. The Bertz CT molecular complexity index is 994. The molecule has 1 aromatic carbocycles. The summed E-state index contributed by atoms with van der Waals surface area (Å²) in [6.07, 6.45) is 1.75. The largest absolute Gasteiger partial charge is 0.486 e. The normalized spacial score (nSPS) is 23.0. The zero-order valence-corrected chi connectivity index (χ0v) is 21.0. The van der Waals surface area contributed by atoms with Crippen LogP contribution in [0.2, 0.25) is 0 Å². The van der Waals surface area contributed by atoms with E-state index in [9.17, 15) is 23.1 Å². The fraction of sp³-hybridized carbons (Fsp3) is 0.652. The van der Waals surface area contributed by atoms with Crippen LogP contribution in [0.5, 0.6) is 5.75 Å². The first kappa shape index (κ1) is 26.4. The van der Waals surface area contributed by atoms with Crippen LogP contribution in [-0.2, 0) is 19.6 Å². The van der Waals surface area contributed by atoms with Crippen molar-refractivity contribution in [3.8, 4) is 5.75 Å². The van der Waals surface area contributed by atoms with Gasteiger partial charge in [-0.3, -0.25) is 9.59 Å². The molecule has 0 saturated carbocycles. The first-order valence-corrected chi connectivity index (χ1v) is 13.4. The molecule has 2 amide bonds. The van der Waals surface area contributed by atoms with Crippen molar-refractivity contribution in [1.82, 2.24) is 9.21 Å². The van der Waals surface area contributed by atoms with Crippen molar-refractivity contribution < 1.29 is 32.6 Å². The third-order valence-corrected chi connectivity index (χ3v) is 7.83. The molecule has 0 radical (unpaired) electrons. The number of anilines is 1. The molecule has 0 aromatic heterocycles. The first-order valence-electron chi connectivity index (χ1n) is 11.5. The molecule has 1 aromatic rings. The number of benzene rings is 1. The van der Waals surface area contributed by atoms with E-state index in [0.29, 0.717) is 31.7 Å². The highest BCUT2D eigenvalue weighted by Crippen LogP contribution is 2.35. The Morgan fingerprint density at radius 3 is 2.62 bits per heavy atom. The first-order chi connectivity index (χ1) is 16.0. The van der Waals surface area contributed by atoms with Gasteiger partial charge in [-0.2, -0.15) is 0 Å². The maximum absolute atomic E-state index is 13.5. The standard InChI is InChI=1S/C23H35N3O7S/c1-15-12-26(16(2)14-27)23(29)18-6-5-7-19(24-22(28)17-8-10-32-11-9-17)21(18)33-20(15)13-25(3)34(4,30)31/h5-7,15-17,20,27H,8-14H2,1-4H3,(H,24,28)/t15-,16+,20+/m1/s1. The molecule has 2 aliphatic heterocycles. The number of hydrogen-bond donors (Lipinski definition) is 2. The van der Waals surface area contributed by atoms with Crippen LogP contribution in [0.1, 0.15) is 37.0 Å². The van der Waals surface area contributed by atoms with E-state index < -0.39 is 22.2 Å². The van der Waals surface area contributed by atoms with Crippen molar-refractivity contribution in [1.29, 1.82) is 0 Å². The van der Waals surface area contributed by atoms with Crippen molar-refractivity contribution in [3.63, 3.8) is 0 Å². The second-order valence-corrected chi connectivity index (χ2v) is 11.3. The number of aliphatic hydroxyl groups excluding tert-OH is 1. The number of rotatable bonds is 7. The van der Waals surface area contributed by atoms with Gasteiger partial charge in [-0.05, 0) is 31.9 Å². The van der Waals surface area contributed by atoms with Gasteiger partial charge in [0.2, 0.25) is 15.9 Å². The molecule has 1 saturated heterocycles. The van der Waals surface area contributed by atoms with Gasteiger partial charge < -0.3 is 24.8 Å². The van der Waals surface area contributed by atoms with Crippen molar-refractivity contribution in [2.45, 2.75) is 38.8 Å². The van der Waals surface area contributed by atoms with Gasteiger partial charge >= 0.3 is 0 Å². The monoisotopic (exact) mass is 497 g/mol. The fourth-order valence-electron chi connectivity index (χ4n) is 4.14. The van der Waals surface area contributed by atoms with Gasteiger partial charge in [0.15, 0.2) is 5.75 Å². The molecule has 2 N–H and O–H groups in total. The lowest BCUT2D eigenvalue weighted by Crippen LogP contribution is -2.50. The minimum atomic E-state index is -3.46. The second kappa shape index (κ2) is 11.0. The molecule has 1 fully saturated rings. The molecule has 2 aliphatic rings. The summed E-state index contributed by atoms with van der Waals surface area (Å²) in [5, 5.41) is 12.7. The molecule has 2 heterocycles. The van der Waals surface area contributed by atoms with Gasteiger partial charge in [0.1, 0.15) is 6.10 Å². The van der Waals surface area contributed by atoms with Gasteiger partial charge in [-0.1, -0.05) is 13.0 Å². The molecular weight excluding hydrogens is 462 g/mol. The van der Waals surface area contributed by atoms with E-state index >= 15 is 0 Å². The number of hydrogen-bond acceptors (Lipinski definition) is 7. The lowest BCUT2D eigenvalue weighted by Gasteiger charge is -2.38. The number of nitrogens with one attached hydrogen (secondary N) is 1. The average molecular weight is 498 g/mol. The molecule has 0 bridgehead atoms. The van der Waals surface area contributed by atoms with Crippen molar-refractivity contribution in [3.05, 3.63) is 23.8 Å². The smallest absolute Gasteiger partial charge is 0.258 e. The Morgan fingerprint density at radius 1 is 1.32 bits per heavy atom. The minimum Gasteiger partial charge on any atom is -0.486 e. The predicted octanol–water partition coefficient (Wildman–Crippen LogP) is 1.16. The quantitative estimate of drug-likeness (QED) is 0.579. The SMILES string of the molecule is C[C@@H]1CN([C@@H](C)CO)C(=O)c2cccc(NC(=O)C3CCOCC3)c2O[C@H]1CN(C)S(C)(=O)=O. The summed E-state index contributed by atoms with van der Waals surface area (Å²) in [6, 6.07) is 4.51. The molecule has 3 atom stereocenters. The van der Waals surface area contributed by atoms with Gasteiger partial charge in [-0.15, -0.1) is 0 Å². The van der Waals surface area contributed by atoms with E-state index in [-0.39, 0.29) is 54.7 Å². The number of likely N-dealkylation sites (N-methyl/N-ethyl adjacent to an activating group) is 1. The molecule has 190 valence electrons. The van der Waals surface area contributed by atoms with Crippen LogP contribution in [0, 0.1) is 11.8 Å². The van der Waals surface area contributed by atoms with Gasteiger partial charge in [0.05, 0.1) is 36.7 Å². The van der Waals surface area contributed by atoms with E-state index in [4.69, 9.17) is 9.47 Å². The van der Waals surface area contributed by atoms with Crippen LogP contribution in [0.3, 0.4) is 0 Å². The van der Waals surface area contributed by atoms with Crippen molar-refractivity contribution in [2.24, 2.45) is 11.8 Å². The predicted molar refractivity (Wildman–Crippen MR) is 127 cm³/mol. The number of ether oxygens (including phenoxy) is 2. The van der Waals surface area contributed by atoms with Crippen molar-refractivity contribution in [2.75, 3.05) is 51.5 Å². The number of carbonyl (C=O) groups is 2. The van der Waals surface area contributed by atoms with Crippen LogP contribution in [0.15, 0.2) is 18.2 Å². The van der Waals surface area contributed by atoms with Gasteiger partial charge in [-0.25, -0.2) is 12.7 Å². The third kappa shape index (κ3) is 6.07. The summed E-state index contributed by atoms with van der Waals surface area (Å²) in [5.74, 6) is -0.740. The van der Waals surface area contributed by atoms with E-state index in [1.807, 2.05) is 6.92 Å². The lowest BCUT2D eigenvalue weighted by molar-refractivity contribution is -0.122. The Morgan fingerprint density at radius 2 is 2.00 bits per heavy atom. The highest BCUT2D eigenvalue weighted by molar-refractivity contribution is 7.88. The Hall–Kier alpha value is -2.21. The van der Waals surface area contributed by atoms with E-state index in [1.54, 1.807) is 30.0 Å². The number of aliphatic hydroxyl groups is 1. The second-order valence-electron chi connectivity index (χ2n) is 9.22. The highest BCUT2D eigenvalue weighted by Gasteiger charge is 2.35. The number of sulfonamides is 1. The maximum atomic E-state index is 13.5. The van der Waals surface area contributed by atoms with Crippen LogP contribution >= 0.6 is 0 Å². The summed E-state index contributed by atoms with van der Waals surface area (Å²) in [6.45, 7) is 4.79. The zero-order chi connectivity index (χ0) is 25.0. The van der Waals surface area contributed by atoms with E-state index in [1.165, 1.54) is 11.4 Å². The summed E-state index contributed by atoms with van der Waals surface area (Å²) in [7, 11) is -1.99. The molecular formula is C23H35N3O7S. The maximum Gasteiger partial charge on any atom is 0.258 e. The summed E-state index contributed by atoms with van der Waals surface area (Å²) in [5.41, 5.74) is 0.615. The topological polar surface area (TPSA) is 125 Å². The van der Waals surface area contributed by atoms with E-state index in [0.717, 1.165) is 6.26 Å². The summed E-state index contributed by atoms with van der Waals surface area (Å²) < 4.78 is 37.0. The van der Waals surface area contributed by atoms with Crippen LogP contribution in [-0.4, -0.2) is 92.9 Å². The number of para-hydroxylation sites is 1. The van der Waals surface area contributed by atoms with Gasteiger partial charge in [0.25, 0.3) is 5.91 Å².